The molecule has 5 heterocycles. The fourth-order valence-corrected chi connectivity index (χ4v) is 6.77. The van der Waals surface area contributed by atoms with Crippen LogP contribution in [0.25, 0.3) is 10.9 Å². The molecule has 6 nitrogen and oxygen atoms in total. The molecule has 4 aliphatic rings. The van der Waals surface area contributed by atoms with Gasteiger partial charge in [0.1, 0.15) is 0 Å². The summed E-state index contributed by atoms with van der Waals surface area (Å²) in [5.74, 6) is 1.79. The zero-order valence-electron chi connectivity index (χ0n) is 18.7. The maximum absolute atomic E-state index is 13.1. The van der Waals surface area contributed by atoms with E-state index in [1.54, 1.807) is 6.20 Å². The lowest BCUT2D eigenvalue weighted by Gasteiger charge is -2.54. The minimum absolute atomic E-state index is 0.140. The second kappa shape index (κ2) is 8.14. The van der Waals surface area contributed by atoms with Crippen molar-refractivity contribution in [2.24, 2.45) is 11.8 Å². The Balaban J connectivity index is 1.09. The lowest BCUT2D eigenvalue weighted by atomic mass is 9.75. The lowest BCUT2D eigenvalue weighted by molar-refractivity contribution is -0.145. The van der Waals surface area contributed by atoms with Gasteiger partial charge in [-0.2, -0.15) is 0 Å². The monoisotopic (exact) mass is 432 g/mol. The summed E-state index contributed by atoms with van der Waals surface area (Å²) in [6.45, 7) is 4.86. The van der Waals surface area contributed by atoms with Gasteiger partial charge in [-0.05, 0) is 68.2 Å². The Morgan fingerprint density at radius 3 is 2.78 bits per heavy atom. The van der Waals surface area contributed by atoms with Crippen LogP contribution in [0.5, 0.6) is 0 Å². The molecular weight excluding hydrogens is 400 g/mol. The molecule has 0 saturated carbocycles. The minimum Gasteiger partial charge on any atom is -0.339 e. The molecule has 4 saturated heterocycles. The summed E-state index contributed by atoms with van der Waals surface area (Å²) in [6, 6.07) is 10.8. The molecule has 2 bridgehead atoms. The molecule has 1 aromatic heterocycles. The van der Waals surface area contributed by atoms with E-state index < -0.39 is 0 Å². The molecular formula is C26H32N4O2. The van der Waals surface area contributed by atoms with Crippen molar-refractivity contribution in [1.29, 1.82) is 0 Å². The van der Waals surface area contributed by atoms with Crippen LogP contribution in [0.4, 0.5) is 0 Å². The molecule has 0 spiro atoms. The lowest BCUT2D eigenvalue weighted by Crippen LogP contribution is -2.62. The van der Waals surface area contributed by atoms with E-state index in [1.165, 1.54) is 12.8 Å². The van der Waals surface area contributed by atoms with Gasteiger partial charge in [-0.3, -0.25) is 19.5 Å². The van der Waals surface area contributed by atoms with Crippen LogP contribution in [-0.4, -0.2) is 76.3 Å². The van der Waals surface area contributed by atoms with E-state index in [0.717, 1.165) is 74.9 Å². The first-order valence-electron chi connectivity index (χ1n) is 12.3. The minimum atomic E-state index is 0.140. The Hall–Kier alpha value is -2.47. The van der Waals surface area contributed by atoms with Crippen molar-refractivity contribution in [3.63, 3.8) is 0 Å². The number of nitrogens with zero attached hydrogens (tertiary/aromatic N) is 4. The molecule has 4 aliphatic heterocycles. The first-order valence-corrected chi connectivity index (χ1v) is 12.3. The molecule has 0 N–H and O–H groups in total. The van der Waals surface area contributed by atoms with Gasteiger partial charge in [0.05, 0.1) is 5.52 Å². The second-order valence-electron chi connectivity index (χ2n) is 10.3. The SMILES string of the molecule is O=C(c1ccc2ncccc2c1)N1CCC(N2C[C@H]3C[C@H](C2)[C@H]2CCCC(=O)N2C3)CC1. The molecule has 1 aromatic carbocycles. The molecule has 2 aromatic rings. The fourth-order valence-electron chi connectivity index (χ4n) is 6.77. The quantitative estimate of drug-likeness (QED) is 0.732. The normalized spacial score (nSPS) is 29.2. The van der Waals surface area contributed by atoms with Crippen LogP contribution in [0.1, 0.15) is 48.9 Å². The van der Waals surface area contributed by atoms with Crippen LogP contribution in [0.3, 0.4) is 0 Å². The van der Waals surface area contributed by atoms with Gasteiger partial charge in [-0.25, -0.2) is 0 Å². The Kier molecular flexibility index (Phi) is 5.13. The number of fused-ring (bicyclic) bond motifs is 5. The first-order chi connectivity index (χ1) is 15.7. The predicted octanol–water partition coefficient (Wildman–Crippen LogP) is 3.17. The summed E-state index contributed by atoms with van der Waals surface area (Å²) in [5.41, 5.74) is 1.69. The van der Waals surface area contributed by atoms with E-state index in [-0.39, 0.29) is 5.91 Å². The number of carbonyl (C=O) groups excluding carboxylic acids is 2. The summed E-state index contributed by atoms with van der Waals surface area (Å²) >= 11 is 0. The number of amides is 2. The van der Waals surface area contributed by atoms with Crippen molar-refractivity contribution in [1.82, 2.24) is 19.7 Å². The Morgan fingerprint density at radius 1 is 1.03 bits per heavy atom. The molecule has 4 fully saturated rings. The van der Waals surface area contributed by atoms with Crippen LogP contribution in [-0.2, 0) is 4.79 Å². The third-order valence-electron chi connectivity index (χ3n) is 8.33. The molecule has 2 amide bonds. The molecule has 0 radical (unpaired) electrons. The number of benzene rings is 1. The molecule has 0 aliphatic carbocycles. The predicted molar refractivity (Wildman–Crippen MR) is 123 cm³/mol. The van der Waals surface area contributed by atoms with Gasteiger partial charge >= 0.3 is 0 Å². The third kappa shape index (κ3) is 3.58. The number of rotatable bonds is 2. The Morgan fingerprint density at radius 2 is 1.91 bits per heavy atom. The van der Waals surface area contributed by atoms with Crippen molar-refractivity contribution < 1.29 is 9.59 Å². The van der Waals surface area contributed by atoms with Crippen LogP contribution in [0.15, 0.2) is 36.5 Å². The number of hydrogen-bond acceptors (Lipinski definition) is 4. The second-order valence-corrected chi connectivity index (χ2v) is 10.3. The number of hydrogen-bond donors (Lipinski definition) is 0. The Labute approximate surface area is 189 Å². The topological polar surface area (TPSA) is 56.8 Å². The van der Waals surface area contributed by atoms with Gasteiger partial charge in [-0.15, -0.1) is 0 Å². The molecule has 0 unspecified atom stereocenters. The van der Waals surface area contributed by atoms with Crippen LogP contribution in [0.2, 0.25) is 0 Å². The van der Waals surface area contributed by atoms with Crippen molar-refractivity contribution in [3.8, 4) is 0 Å². The Bertz CT molecular complexity index is 1030. The number of likely N-dealkylation sites (tertiary alicyclic amines) is 2. The first kappa shape index (κ1) is 20.2. The highest BCUT2D eigenvalue weighted by molar-refractivity contribution is 5.98. The molecule has 168 valence electrons. The molecule has 32 heavy (non-hydrogen) atoms. The van der Waals surface area contributed by atoms with Crippen LogP contribution in [0, 0.1) is 11.8 Å². The molecule has 6 heteroatoms. The van der Waals surface area contributed by atoms with Gasteiger partial charge in [-0.1, -0.05) is 6.07 Å². The highest BCUT2D eigenvalue weighted by Crippen LogP contribution is 2.39. The van der Waals surface area contributed by atoms with Crippen molar-refractivity contribution in [3.05, 3.63) is 42.1 Å². The van der Waals surface area contributed by atoms with Crippen molar-refractivity contribution in [2.45, 2.75) is 50.6 Å². The number of piperidine rings is 4. The van der Waals surface area contributed by atoms with E-state index in [0.29, 0.717) is 29.8 Å². The number of carbonyl (C=O) groups is 2. The van der Waals surface area contributed by atoms with E-state index in [4.69, 9.17) is 0 Å². The van der Waals surface area contributed by atoms with Gasteiger partial charge in [0, 0.05) is 68.4 Å². The van der Waals surface area contributed by atoms with E-state index in [9.17, 15) is 9.59 Å². The maximum atomic E-state index is 13.1. The summed E-state index contributed by atoms with van der Waals surface area (Å²) in [4.78, 5) is 36.8. The fraction of sp³-hybridized carbons (Fsp3) is 0.577. The summed E-state index contributed by atoms with van der Waals surface area (Å²) < 4.78 is 0. The van der Waals surface area contributed by atoms with Gasteiger partial charge in [0.15, 0.2) is 0 Å². The van der Waals surface area contributed by atoms with E-state index >= 15 is 0 Å². The van der Waals surface area contributed by atoms with Gasteiger partial charge in [0.2, 0.25) is 5.91 Å². The number of pyridine rings is 1. The smallest absolute Gasteiger partial charge is 0.253 e. The summed E-state index contributed by atoms with van der Waals surface area (Å²) in [7, 11) is 0. The standard InChI is InChI=1S/C26H32N4O2/c31-25-5-1-4-24-21-13-18(16-30(24)25)15-29(17-21)22-8-11-28(12-9-22)26(32)20-6-7-23-19(14-20)3-2-10-27-23/h2-3,6-7,10,14,18,21-22,24H,1,4-5,8-9,11-13,15-17H2/t18-,21-,24-/m1/s1. The maximum Gasteiger partial charge on any atom is 0.253 e. The van der Waals surface area contributed by atoms with E-state index in [1.807, 2.05) is 35.2 Å². The van der Waals surface area contributed by atoms with Gasteiger partial charge in [0.25, 0.3) is 5.91 Å². The zero-order chi connectivity index (χ0) is 21.7. The zero-order valence-corrected chi connectivity index (χ0v) is 18.7. The average Bonchev–Trinajstić information content (AvgIpc) is 2.84. The van der Waals surface area contributed by atoms with Crippen LogP contribution >= 0.6 is 0 Å². The average molecular weight is 433 g/mol. The van der Waals surface area contributed by atoms with Crippen LogP contribution < -0.4 is 0 Å². The summed E-state index contributed by atoms with van der Waals surface area (Å²) in [5, 5.41) is 1.02. The van der Waals surface area contributed by atoms with Crippen molar-refractivity contribution >= 4 is 22.7 Å². The van der Waals surface area contributed by atoms with Gasteiger partial charge < -0.3 is 9.80 Å². The van der Waals surface area contributed by atoms with Crippen molar-refractivity contribution in [2.75, 3.05) is 32.7 Å². The molecule has 6 rings (SSSR count). The number of aromatic nitrogens is 1. The third-order valence-corrected chi connectivity index (χ3v) is 8.33. The highest BCUT2D eigenvalue weighted by atomic mass is 16.2. The summed E-state index contributed by atoms with van der Waals surface area (Å²) in [6.07, 6.45) is 8.17. The molecule has 3 atom stereocenters. The highest BCUT2D eigenvalue weighted by Gasteiger charge is 2.45. The largest absolute Gasteiger partial charge is 0.339 e. The van der Waals surface area contributed by atoms with E-state index in [2.05, 4.69) is 14.8 Å².